The molecule has 0 radical (unpaired) electrons. The van der Waals surface area contributed by atoms with Gasteiger partial charge < -0.3 is 13.7 Å². The second-order valence-electron chi connectivity index (χ2n) is 13.6. The molecule has 0 aliphatic carbocycles. The van der Waals surface area contributed by atoms with Crippen molar-refractivity contribution in [1.82, 2.24) is 13.7 Å². The van der Waals surface area contributed by atoms with Gasteiger partial charge in [-0.1, -0.05) is 115 Å². The third-order valence-corrected chi connectivity index (χ3v) is 10.9. The molecular formula is C49H30N4. The molecule has 0 amide bonds. The van der Waals surface area contributed by atoms with Crippen molar-refractivity contribution in [2.24, 2.45) is 0 Å². The van der Waals surface area contributed by atoms with Crippen molar-refractivity contribution in [1.29, 1.82) is 5.26 Å². The molecule has 0 saturated carbocycles. The van der Waals surface area contributed by atoms with Crippen LogP contribution >= 0.6 is 0 Å². The van der Waals surface area contributed by atoms with Crippen LogP contribution in [-0.2, 0) is 0 Å². The molecule has 4 heteroatoms. The van der Waals surface area contributed by atoms with Crippen LogP contribution in [-0.4, -0.2) is 13.7 Å². The number of aromatic nitrogens is 3. The molecule has 0 fully saturated rings. The molecule has 4 nitrogen and oxygen atoms in total. The molecule has 3 aromatic heterocycles. The molecule has 53 heavy (non-hydrogen) atoms. The van der Waals surface area contributed by atoms with Gasteiger partial charge in [0.05, 0.1) is 44.5 Å². The molecule has 0 spiro atoms. The van der Waals surface area contributed by atoms with Gasteiger partial charge >= 0.3 is 0 Å². The normalized spacial score (nSPS) is 11.8. The highest BCUT2D eigenvalue weighted by Crippen LogP contribution is 2.42. The number of hydrogen-bond donors (Lipinski definition) is 0. The Hall–Kier alpha value is -7.35. The zero-order chi connectivity index (χ0) is 35.0. The minimum absolute atomic E-state index is 0.627. The molecule has 0 aliphatic rings. The fourth-order valence-electron chi connectivity index (χ4n) is 8.71. The molecular weight excluding hydrogens is 645 g/mol. The summed E-state index contributed by atoms with van der Waals surface area (Å²) in [7, 11) is 0. The zero-order valence-corrected chi connectivity index (χ0v) is 28.6. The van der Waals surface area contributed by atoms with E-state index in [1.165, 1.54) is 38.0 Å². The van der Waals surface area contributed by atoms with E-state index < -0.39 is 0 Å². The first-order valence-corrected chi connectivity index (χ1v) is 17.9. The largest absolute Gasteiger partial charge is 0.309 e. The van der Waals surface area contributed by atoms with Gasteiger partial charge in [0.2, 0.25) is 0 Å². The Morgan fingerprint density at radius 2 is 0.830 bits per heavy atom. The number of hydrogen-bond acceptors (Lipinski definition) is 1. The summed E-state index contributed by atoms with van der Waals surface area (Å²) in [6, 6.07) is 67.1. The Bertz CT molecular complexity index is 3240. The van der Waals surface area contributed by atoms with Crippen LogP contribution < -0.4 is 0 Å². The Balaban J connectivity index is 1.17. The quantitative estimate of drug-likeness (QED) is 0.183. The number of rotatable bonds is 4. The average molecular weight is 675 g/mol. The molecule has 0 atom stereocenters. The molecule has 8 aromatic carbocycles. The Morgan fingerprint density at radius 3 is 1.47 bits per heavy atom. The van der Waals surface area contributed by atoms with E-state index in [2.05, 4.69) is 202 Å². The standard InChI is InChI=1S/C49H30N4/c50-31-40-45(52-42-22-9-4-16-35(42)36-17-5-10-23-43(36)52)25-13-26-46(40)53-44-24-11-7-19-38(44)49-34(20-12-27-48(49)53)32-28-29-47-39(30-32)37-18-6-8-21-41(37)51(47)33-14-2-1-3-15-33/h1-30H. The van der Waals surface area contributed by atoms with Gasteiger partial charge in [-0.15, -0.1) is 0 Å². The van der Waals surface area contributed by atoms with Crippen LogP contribution in [0.25, 0.3) is 93.6 Å². The highest BCUT2D eigenvalue weighted by molar-refractivity contribution is 6.17. The first-order chi connectivity index (χ1) is 26.3. The van der Waals surface area contributed by atoms with Gasteiger partial charge in [0.15, 0.2) is 0 Å². The van der Waals surface area contributed by atoms with E-state index in [0.717, 1.165) is 55.6 Å². The van der Waals surface area contributed by atoms with Crippen LogP contribution in [0.15, 0.2) is 182 Å². The first kappa shape index (κ1) is 29.4. The minimum atomic E-state index is 0.627. The second-order valence-corrected chi connectivity index (χ2v) is 13.6. The maximum Gasteiger partial charge on any atom is 0.104 e. The maximum atomic E-state index is 11.0. The summed E-state index contributed by atoms with van der Waals surface area (Å²) in [4.78, 5) is 0. The fourth-order valence-corrected chi connectivity index (χ4v) is 8.71. The highest BCUT2D eigenvalue weighted by atomic mass is 15.0. The predicted molar refractivity (Wildman–Crippen MR) is 220 cm³/mol. The summed E-state index contributed by atoms with van der Waals surface area (Å²) >= 11 is 0. The van der Waals surface area contributed by atoms with E-state index in [4.69, 9.17) is 0 Å². The number of fused-ring (bicyclic) bond motifs is 9. The smallest absolute Gasteiger partial charge is 0.104 e. The number of nitriles is 1. The van der Waals surface area contributed by atoms with Crippen molar-refractivity contribution in [3.05, 3.63) is 188 Å². The predicted octanol–water partition coefficient (Wildman–Crippen LogP) is 12.5. The van der Waals surface area contributed by atoms with Crippen LogP contribution in [0.1, 0.15) is 5.56 Å². The third kappa shape index (κ3) is 4.16. The third-order valence-electron chi connectivity index (χ3n) is 10.9. The lowest BCUT2D eigenvalue weighted by Crippen LogP contribution is -2.03. The summed E-state index contributed by atoms with van der Waals surface area (Å²) in [6.45, 7) is 0. The molecule has 3 heterocycles. The van der Waals surface area contributed by atoms with Crippen LogP contribution in [0, 0.1) is 11.3 Å². The molecule has 246 valence electrons. The molecule has 0 N–H and O–H groups in total. The highest BCUT2D eigenvalue weighted by Gasteiger charge is 2.22. The fraction of sp³-hybridized carbons (Fsp3) is 0. The molecule has 0 aliphatic heterocycles. The van der Waals surface area contributed by atoms with Crippen molar-refractivity contribution >= 4 is 65.4 Å². The Kier molecular flexibility index (Phi) is 6.28. The van der Waals surface area contributed by atoms with Crippen molar-refractivity contribution in [3.8, 4) is 34.3 Å². The van der Waals surface area contributed by atoms with Gasteiger partial charge in [0.25, 0.3) is 0 Å². The van der Waals surface area contributed by atoms with Crippen LogP contribution in [0.2, 0.25) is 0 Å². The van der Waals surface area contributed by atoms with E-state index in [9.17, 15) is 5.26 Å². The lowest BCUT2D eigenvalue weighted by Gasteiger charge is -2.16. The van der Waals surface area contributed by atoms with E-state index in [1.54, 1.807) is 0 Å². The van der Waals surface area contributed by atoms with Gasteiger partial charge in [0, 0.05) is 38.0 Å². The molecule has 0 bridgehead atoms. The second kappa shape index (κ2) is 11.3. The molecule has 0 unspecified atom stereocenters. The van der Waals surface area contributed by atoms with Gasteiger partial charge in [-0.3, -0.25) is 0 Å². The number of benzene rings is 8. The first-order valence-electron chi connectivity index (χ1n) is 17.9. The lowest BCUT2D eigenvalue weighted by atomic mass is 9.98. The van der Waals surface area contributed by atoms with Crippen LogP contribution in [0.4, 0.5) is 0 Å². The molecule has 11 rings (SSSR count). The number of nitrogens with zero attached hydrogens (tertiary/aromatic N) is 4. The monoisotopic (exact) mass is 674 g/mol. The SMILES string of the molecule is N#Cc1c(-n2c3ccccc3c3ccccc32)cccc1-n1c2ccccc2c2c(-c3ccc4c(c3)c3ccccc3n4-c3ccccc3)cccc21. The Labute approximate surface area is 305 Å². The summed E-state index contributed by atoms with van der Waals surface area (Å²) in [5.74, 6) is 0. The van der Waals surface area contributed by atoms with Crippen molar-refractivity contribution in [2.75, 3.05) is 0 Å². The topological polar surface area (TPSA) is 38.6 Å². The van der Waals surface area contributed by atoms with E-state index in [0.29, 0.717) is 5.56 Å². The Morgan fingerprint density at radius 1 is 0.358 bits per heavy atom. The molecule has 0 saturated heterocycles. The van der Waals surface area contributed by atoms with Crippen LogP contribution in [0.3, 0.4) is 0 Å². The van der Waals surface area contributed by atoms with Crippen molar-refractivity contribution in [2.45, 2.75) is 0 Å². The summed E-state index contributed by atoms with van der Waals surface area (Å²) < 4.78 is 6.88. The van der Waals surface area contributed by atoms with Crippen LogP contribution in [0.5, 0.6) is 0 Å². The van der Waals surface area contributed by atoms with Crippen molar-refractivity contribution < 1.29 is 0 Å². The van der Waals surface area contributed by atoms with Crippen molar-refractivity contribution in [3.63, 3.8) is 0 Å². The van der Waals surface area contributed by atoms with E-state index in [-0.39, 0.29) is 0 Å². The number of para-hydroxylation sites is 5. The van der Waals surface area contributed by atoms with Gasteiger partial charge in [0.1, 0.15) is 11.6 Å². The minimum Gasteiger partial charge on any atom is -0.309 e. The zero-order valence-electron chi connectivity index (χ0n) is 28.6. The summed E-state index contributed by atoms with van der Waals surface area (Å²) in [5, 5.41) is 18.1. The molecule has 11 aromatic rings. The average Bonchev–Trinajstić information content (AvgIpc) is 3.86. The lowest BCUT2D eigenvalue weighted by molar-refractivity contribution is 1.12. The summed E-state index contributed by atoms with van der Waals surface area (Å²) in [5.41, 5.74) is 12.5. The van der Waals surface area contributed by atoms with Gasteiger partial charge in [-0.2, -0.15) is 5.26 Å². The van der Waals surface area contributed by atoms with E-state index in [1.807, 2.05) is 0 Å². The maximum absolute atomic E-state index is 11.0. The van der Waals surface area contributed by atoms with Gasteiger partial charge in [-0.05, 0) is 77.9 Å². The van der Waals surface area contributed by atoms with E-state index >= 15 is 0 Å². The van der Waals surface area contributed by atoms with Gasteiger partial charge in [-0.25, -0.2) is 0 Å². The summed E-state index contributed by atoms with van der Waals surface area (Å²) in [6.07, 6.45) is 0.